The molecule has 1 heterocycles. The molecule has 4 heteroatoms. The third-order valence-electron chi connectivity index (χ3n) is 3.69. The Bertz CT molecular complexity index is 205. The predicted molar refractivity (Wildman–Crippen MR) is 51.8 cm³/mol. The molecular weight excluding hydrogens is 202 g/mol. The molecule has 0 amide bonds. The van der Waals surface area contributed by atoms with Gasteiger partial charge in [-0.1, -0.05) is 0 Å². The molecular formula is C11H18F2O2. The van der Waals surface area contributed by atoms with E-state index >= 15 is 0 Å². The second-order valence-electron chi connectivity index (χ2n) is 4.81. The lowest BCUT2D eigenvalue weighted by Gasteiger charge is -2.33. The van der Waals surface area contributed by atoms with Gasteiger partial charge in [0.05, 0.1) is 12.7 Å². The molecule has 2 fully saturated rings. The van der Waals surface area contributed by atoms with Crippen molar-refractivity contribution in [2.45, 2.75) is 44.1 Å². The van der Waals surface area contributed by atoms with Gasteiger partial charge in [-0.25, -0.2) is 8.78 Å². The molecule has 15 heavy (non-hydrogen) atoms. The zero-order valence-electron chi connectivity index (χ0n) is 8.79. The van der Waals surface area contributed by atoms with E-state index in [9.17, 15) is 13.9 Å². The summed E-state index contributed by atoms with van der Waals surface area (Å²) in [6, 6.07) is 0. The molecule has 1 N–H and O–H groups in total. The Hall–Kier alpha value is -0.220. The Morgan fingerprint density at radius 2 is 1.80 bits per heavy atom. The molecule has 1 saturated carbocycles. The first kappa shape index (κ1) is 11.3. The Morgan fingerprint density at radius 3 is 2.33 bits per heavy atom. The monoisotopic (exact) mass is 220 g/mol. The standard InChI is InChI=1S/C11H18F2O2/c12-11(13)4-1-8(2-5-11)10(14)9-3-6-15-7-9/h8-10,14H,1-7H2. The number of aliphatic hydroxyl groups is 1. The lowest BCUT2D eigenvalue weighted by molar-refractivity contribution is -0.0704. The van der Waals surface area contributed by atoms with E-state index in [0.29, 0.717) is 26.1 Å². The Kier molecular flexibility index (Phi) is 3.26. The van der Waals surface area contributed by atoms with Gasteiger partial charge in [0.15, 0.2) is 0 Å². The minimum atomic E-state index is -2.50. The summed E-state index contributed by atoms with van der Waals surface area (Å²) in [7, 11) is 0. The summed E-state index contributed by atoms with van der Waals surface area (Å²) in [5.41, 5.74) is 0. The van der Waals surface area contributed by atoms with Crippen molar-refractivity contribution in [3.05, 3.63) is 0 Å². The van der Waals surface area contributed by atoms with E-state index in [-0.39, 0.29) is 24.7 Å². The lowest BCUT2D eigenvalue weighted by Crippen LogP contribution is -2.35. The Morgan fingerprint density at radius 1 is 1.13 bits per heavy atom. The molecule has 0 aromatic carbocycles. The summed E-state index contributed by atoms with van der Waals surface area (Å²) in [5.74, 6) is -2.28. The maximum absolute atomic E-state index is 12.9. The van der Waals surface area contributed by atoms with Gasteiger partial charge in [0, 0.05) is 25.4 Å². The second kappa shape index (κ2) is 4.34. The minimum absolute atomic E-state index is 0.0522. The number of ether oxygens (including phenoxy) is 1. The van der Waals surface area contributed by atoms with Crippen LogP contribution in [0.3, 0.4) is 0 Å². The fraction of sp³-hybridized carbons (Fsp3) is 1.00. The van der Waals surface area contributed by atoms with Gasteiger partial charge in [0.25, 0.3) is 0 Å². The molecule has 1 saturated heterocycles. The summed E-state index contributed by atoms with van der Waals surface area (Å²) in [6.45, 7) is 1.29. The molecule has 2 aliphatic rings. The van der Waals surface area contributed by atoms with Gasteiger partial charge in [-0.3, -0.25) is 0 Å². The normalized spacial score (nSPS) is 34.2. The highest BCUT2D eigenvalue weighted by Crippen LogP contribution is 2.39. The second-order valence-corrected chi connectivity index (χ2v) is 4.81. The fourth-order valence-corrected chi connectivity index (χ4v) is 2.61. The van der Waals surface area contributed by atoms with Gasteiger partial charge < -0.3 is 9.84 Å². The Labute approximate surface area is 88.6 Å². The first-order chi connectivity index (χ1) is 7.08. The highest BCUT2D eigenvalue weighted by Gasteiger charge is 2.39. The highest BCUT2D eigenvalue weighted by molar-refractivity contribution is 4.85. The smallest absolute Gasteiger partial charge is 0.248 e. The third-order valence-corrected chi connectivity index (χ3v) is 3.69. The summed E-state index contributed by atoms with van der Waals surface area (Å²) in [4.78, 5) is 0. The summed E-state index contributed by atoms with van der Waals surface area (Å²) < 4.78 is 31.0. The molecule has 1 aliphatic carbocycles. The van der Waals surface area contributed by atoms with E-state index in [4.69, 9.17) is 4.74 Å². The molecule has 2 atom stereocenters. The predicted octanol–water partition coefficient (Wildman–Crippen LogP) is 2.21. The molecule has 2 rings (SSSR count). The maximum atomic E-state index is 12.9. The van der Waals surface area contributed by atoms with E-state index in [1.54, 1.807) is 0 Å². The number of aliphatic hydroxyl groups excluding tert-OH is 1. The van der Waals surface area contributed by atoms with Gasteiger partial charge in [0.2, 0.25) is 5.92 Å². The maximum Gasteiger partial charge on any atom is 0.248 e. The molecule has 2 unspecified atom stereocenters. The van der Waals surface area contributed by atoms with Crippen LogP contribution in [0.25, 0.3) is 0 Å². The van der Waals surface area contributed by atoms with Crippen LogP contribution in [0.4, 0.5) is 8.78 Å². The molecule has 1 aliphatic heterocycles. The van der Waals surface area contributed by atoms with Crippen LogP contribution in [0.5, 0.6) is 0 Å². The highest BCUT2D eigenvalue weighted by atomic mass is 19.3. The van der Waals surface area contributed by atoms with E-state index in [2.05, 4.69) is 0 Å². The van der Waals surface area contributed by atoms with Crippen LogP contribution >= 0.6 is 0 Å². The van der Waals surface area contributed by atoms with Crippen LogP contribution in [0.2, 0.25) is 0 Å². The van der Waals surface area contributed by atoms with Crippen molar-refractivity contribution < 1.29 is 18.6 Å². The van der Waals surface area contributed by atoms with Crippen LogP contribution in [-0.2, 0) is 4.74 Å². The van der Waals surface area contributed by atoms with E-state index in [0.717, 1.165) is 6.42 Å². The zero-order valence-corrected chi connectivity index (χ0v) is 8.79. The number of hydrogen-bond donors (Lipinski definition) is 1. The fourth-order valence-electron chi connectivity index (χ4n) is 2.61. The van der Waals surface area contributed by atoms with Crippen LogP contribution in [-0.4, -0.2) is 30.3 Å². The van der Waals surface area contributed by atoms with Gasteiger partial charge in [-0.05, 0) is 25.2 Å². The van der Waals surface area contributed by atoms with Gasteiger partial charge in [-0.2, -0.15) is 0 Å². The summed E-state index contributed by atoms with van der Waals surface area (Å²) in [6.07, 6.45) is 1.19. The Balaban J connectivity index is 1.84. The molecule has 88 valence electrons. The van der Waals surface area contributed by atoms with Crippen LogP contribution in [0.15, 0.2) is 0 Å². The van der Waals surface area contributed by atoms with Crippen molar-refractivity contribution >= 4 is 0 Å². The average molecular weight is 220 g/mol. The van der Waals surface area contributed by atoms with Crippen LogP contribution in [0.1, 0.15) is 32.1 Å². The number of alkyl halides is 2. The van der Waals surface area contributed by atoms with E-state index in [1.165, 1.54) is 0 Å². The first-order valence-corrected chi connectivity index (χ1v) is 5.72. The van der Waals surface area contributed by atoms with Gasteiger partial charge in [0.1, 0.15) is 0 Å². The summed E-state index contributed by atoms with van der Waals surface area (Å²) in [5, 5.41) is 10.0. The SMILES string of the molecule is OC(C1CCC(F)(F)CC1)C1CCOC1. The van der Waals surface area contributed by atoms with Crippen molar-refractivity contribution in [2.24, 2.45) is 11.8 Å². The van der Waals surface area contributed by atoms with E-state index in [1.807, 2.05) is 0 Å². The average Bonchev–Trinajstić information content (AvgIpc) is 2.69. The van der Waals surface area contributed by atoms with E-state index < -0.39 is 12.0 Å². The largest absolute Gasteiger partial charge is 0.392 e. The lowest BCUT2D eigenvalue weighted by atomic mass is 9.79. The molecule has 0 bridgehead atoms. The summed E-state index contributed by atoms with van der Waals surface area (Å²) >= 11 is 0. The van der Waals surface area contributed by atoms with Crippen molar-refractivity contribution in [1.82, 2.24) is 0 Å². The molecule has 0 aromatic heterocycles. The molecule has 2 nitrogen and oxygen atoms in total. The number of rotatable bonds is 2. The van der Waals surface area contributed by atoms with Crippen molar-refractivity contribution in [2.75, 3.05) is 13.2 Å². The first-order valence-electron chi connectivity index (χ1n) is 5.72. The molecule has 0 spiro atoms. The van der Waals surface area contributed by atoms with Gasteiger partial charge >= 0.3 is 0 Å². The van der Waals surface area contributed by atoms with Gasteiger partial charge in [-0.15, -0.1) is 0 Å². The van der Waals surface area contributed by atoms with Crippen molar-refractivity contribution in [3.8, 4) is 0 Å². The minimum Gasteiger partial charge on any atom is -0.392 e. The van der Waals surface area contributed by atoms with Crippen molar-refractivity contribution in [3.63, 3.8) is 0 Å². The third kappa shape index (κ3) is 2.67. The number of halogens is 2. The number of hydrogen-bond acceptors (Lipinski definition) is 2. The topological polar surface area (TPSA) is 29.5 Å². The van der Waals surface area contributed by atoms with Crippen LogP contribution < -0.4 is 0 Å². The zero-order chi connectivity index (χ0) is 10.9. The quantitative estimate of drug-likeness (QED) is 0.773. The van der Waals surface area contributed by atoms with Crippen LogP contribution in [0, 0.1) is 11.8 Å². The van der Waals surface area contributed by atoms with Crippen molar-refractivity contribution in [1.29, 1.82) is 0 Å². The molecule has 0 aromatic rings. The molecule has 0 radical (unpaired) electrons.